The number of amides is 2. The van der Waals surface area contributed by atoms with Crippen LogP contribution in [0.5, 0.6) is 5.88 Å². The SMILES string of the molecule is COc1cc(Cl)nc(N(C(N)=O)S(=O)(=O)c2ncccc2C(O)C(C)F)n1. The summed E-state index contributed by atoms with van der Waals surface area (Å²) in [6.07, 6.45) is -2.54. The van der Waals surface area contributed by atoms with Gasteiger partial charge in [-0.3, -0.25) is 0 Å². The number of carbonyl (C=O) groups excluding carboxylic acids is 1. The Labute approximate surface area is 158 Å². The number of hydrogen-bond donors (Lipinski definition) is 2. The summed E-state index contributed by atoms with van der Waals surface area (Å²) in [5.74, 6) is -0.837. The number of nitrogens with two attached hydrogens (primary N) is 1. The second-order valence-electron chi connectivity index (χ2n) is 5.16. The third kappa shape index (κ3) is 4.23. The fourth-order valence-corrected chi connectivity index (χ4v) is 3.64. The number of aliphatic hydroxyl groups excluding tert-OH is 1. The molecule has 2 heterocycles. The molecule has 2 aromatic heterocycles. The van der Waals surface area contributed by atoms with Gasteiger partial charge in [0, 0.05) is 17.8 Å². The van der Waals surface area contributed by atoms with E-state index in [9.17, 15) is 22.7 Å². The second-order valence-corrected chi connectivity index (χ2v) is 7.25. The zero-order valence-corrected chi connectivity index (χ0v) is 15.6. The van der Waals surface area contributed by atoms with Crippen molar-refractivity contribution >= 4 is 33.6 Å². The number of primary amides is 1. The van der Waals surface area contributed by atoms with Crippen LogP contribution in [0, 0.1) is 0 Å². The number of hydrogen-bond acceptors (Lipinski definition) is 8. The van der Waals surface area contributed by atoms with Crippen molar-refractivity contribution in [2.24, 2.45) is 5.73 Å². The normalized spacial score (nSPS) is 13.7. The van der Waals surface area contributed by atoms with Gasteiger partial charge in [0.05, 0.1) is 7.11 Å². The molecule has 0 saturated carbocycles. The summed E-state index contributed by atoms with van der Waals surface area (Å²) < 4.78 is 44.4. The van der Waals surface area contributed by atoms with Crippen LogP contribution < -0.4 is 14.8 Å². The third-order valence-corrected chi connectivity index (χ3v) is 5.14. The Balaban J connectivity index is 2.69. The molecule has 146 valence electrons. The Morgan fingerprint density at radius 3 is 2.67 bits per heavy atom. The van der Waals surface area contributed by atoms with Gasteiger partial charge in [-0.25, -0.2) is 14.2 Å². The molecule has 0 radical (unpaired) electrons. The minimum atomic E-state index is -4.82. The Kier molecular flexibility index (Phi) is 6.13. The smallest absolute Gasteiger partial charge is 0.336 e. The van der Waals surface area contributed by atoms with E-state index in [0.29, 0.717) is 0 Å². The number of urea groups is 1. The fraction of sp³-hybridized carbons (Fsp3) is 0.286. The lowest BCUT2D eigenvalue weighted by Crippen LogP contribution is -2.42. The van der Waals surface area contributed by atoms with Crippen LogP contribution in [0.4, 0.5) is 15.1 Å². The van der Waals surface area contributed by atoms with Crippen LogP contribution in [0.3, 0.4) is 0 Å². The second kappa shape index (κ2) is 7.98. The first-order valence-electron chi connectivity index (χ1n) is 7.30. The molecule has 2 aromatic rings. The number of pyridine rings is 1. The van der Waals surface area contributed by atoms with E-state index in [1.165, 1.54) is 19.2 Å². The molecule has 0 aromatic carbocycles. The largest absolute Gasteiger partial charge is 0.481 e. The predicted octanol–water partition coefficient (Wildman–Crippen LogP) is 1.20. The first kappa shape index (κ1) is 20.7. The van der Waals surface area contributed by atoms with Crippen LogP contribution in [0.25, 0.3) is 0 Å². The van der Waals surface area contributed by atoms with Gasteiger partial charge in [-0.1, -0.05) is 17.7 Å². The van der Waals surface area contributed by atoms with E-state index in [4.69, 9.17) is 22.1 Å². The lowest BCUT2D eigenvalue weighted by molar-refractivity contribution is 0.0853. The molecule has 0 aliphatic carbocycles. The molecular weight excluding hydrogens is 405 g/mol. The fourth-order valence-electron chi connectivity index (χ4n) is 2.08. The van der Waals surface area contributed by atoms with Crippen molar-refractivity contribution in [1.29, 1.82) is 0 Å². The highest BCUT2D eigenvalue weighted by atomic mass is 35.5. The van der Waals surface area contributed by atoms with E-state index < -0.39 is 39.3 Å². The maximum Gasteiger partial charge on any atom is 0.336 e. The minimum absolute atomic E-state index is 0.0306. The summed E-state index contributed by atoms with van der Waals surface area (Å²) in [7, 11) is -3.58. The average Bonchev–Trinajstić information content (AvgIpc) is 2.59. The number of carbonyl (C=O) groups is 1. The average molecular weight is 420 g/mol. The number of aromatic nitrogens is 3. The maximum absolute atomic E-state index is 13.5. The summed E-state index contributed by atoms with van der Waals surface area (Å²) in [6.45, 7) is 1.03. The van der Waals surface area contributed by atoms with Gasteiger partial charge in [0.2, 0.25) is 5.88 Å². The molecule has 0 saturated heterocycles. The van der Waals surface area contributed by atoms with Crippen molar-refractivity contribution in [3.05, 3.63) is 35.1 Å². The number of halogens is 2. The molecule has 2 unspecified atom stereocenters. The Morgan fingerprint density at radius 2 is 2.11 bits per heavy atom. The van der Waals surface area contributed by atoms with Crippen molar-refractivity contribution in [1.82, 2.24) is 15.0 Å². The first-order valence-corrected chi connectivity index (χ1v) is 9.11. The molecule has 2 rings (SSSR count). The molecule has 0 spiro atoms. The van der Waals surface area contributed by atoms with Crippen molar-refractivity contribution in [3.63, 3.8) is 0 Å². The molecule has 10 nitrogen and oxygen atoms in total. The highest BCUT2D eigenvalue weighted by Gasteiger charge is 2.37. The number of sulfonamides is 1. The number of rotatable bonds is 6. The molecule has 13 heteroatoms. The zero-order valence-electron chi connectivity index (χ0n) is 14.1. The molecular formula is C14H15ClFN5O5S. The Bertz CT molecular complexity index is 959. The molecule has 3 N–H and O–H groups in total. The van der Waals surface area contributed by atoms with Gasteiger partial charge in [0.1, 0.15) is 17.4 Å². The van der Waals surface area contributed by atoms with Gasteiger partial charge in [0.15, 0.2) is 5.03 Å². The van der Waals surface area contributed by atoms with Crippen molar-refractivity contribution in [2.45, 2.75) is 24.2 Å². The zero-order chi connectivity index (χ0) is 20.4. The Hall–Kier alpha value is -2.57. The number of nitrogens with zero attached hydrogens (tertiary/aromatic N) is 4. The maximum atomic E-state index is 13.5. The number of aliphatic hydroxyl groups is 1. The Morgan fingerprint density at radius 1 is 1.44 bits per heavy atom. The molecule has 0 aliphatic heterocycles. The van der Waals surface area contributed by atoms with Gasteiger partial charge in [0.25, 0.3) is 16.0 Å². The molecule has 2 amide bonds. The van der Waals surface area contributed by atoms with Gasteiger partial charge in [-0.15, -0.1) is 4.31 Å². The van der Waals surface area contributed by atoms with Gasteiger partial charge >= 0.3 is 6.03 Å². The van der Waals surface area contributed by atoms with Crippen LogP contribution in [-0.4, -0.2) is 47.8 Å². The summed E-state index contributed by atoms with van der Waals surface area (Å²) >= 11 is 5.79. The standard InChI is InChI=1S/C14H15ClFN5O5S/c1-7(16)11(22)8-4-3-5-18-12(8)27(24,25)21(13(17)23)14-19-9(15)6-10(20-14)26-2/h3-7,11,22H,1-2H3,(H2,17,23). The summed E-state index contributed by atoms with van der Waals surface area (Å²) in [5, 5.41) is 8.96. The van der Waals surface area contributed by atoms with Crippen LogP contribution in [0.1, 0.15) is 18.6 Å². The van der Waals surface area contributed by atoms with E-state index >= 15 is 0 Å². The highest BCUT2D eigenvalue weighted by Crippen LogP contribution is 2.29. The lowest BCUT2D eigenvalue weighted by Gasteiger charge is -2.21. The topological polar surface area (TPSA) is 149 Å². The van der Waals surface area contributed by atoms with Gasteiger partial charge in [-0.2, -0.15) is 18.4 Å². The monoisotopic (exact) mass is 419 g/mol. The van der Waals surface area contributed by atoms with E-state index in [0.717, 1.165) is 19.2 Å². The van der Waals surface area contributed by atoms with Crippen LogP contribution in [0.15, 0.2) is 29.4 Å². The predicted molar refractivity (Wildman–Crippen MR) is 92.6 cm³/mol. The summed E-state index contributed by atoms with van der Waals surface area (Å²) in [5.41, 5.74) is 4.83. The number of alkyl halides is 1. The molecule has 27 heavy (non-hydrogen) atoms. The van der Waals surface area contributed by atoms with E-state index in [1.807, 2.05) is 0 Å². The highest BCUT2D eigenvalue weighted by molar-refractivity contribution is 7.93. The van der Waals surface area contributed by atoms with Crippen molar-refractivity contribution in [2.75, 3.05) is 11.4 Å². The van der Waals surface area contributed by atoms with Gasteiger partial charge < -0.3 is 15.6 Å². The molecule has 0 fully saturated rings. The van der Waals surface area contributed by atoms with Crippen molar-refractivity contribution < 1.29 is 27.4 Å². The summed E-state index contributed by atoms with van der Waals surface area (Å²) in [4.78, 5) is 22.9. The molecule has 0 aliphatic rings. The van der Waals surface area contributed by atoms with Crippen LogP contribution >= 0.6 is 11.6 Å². The quantitative estimate of drug-likeness (QED) is 0.663. The third-order valence-electron chi connectivity index (χ3n) is 3.29. The minimum Gasteiger partial charge on any atom is -0.481 e. The van der Waals surface area contributed by atoms with Crippen LogP contribution in [0.2, 0.25) is 5.15 Å². The van der Waals surface area contributed by atoms with Crippen LogP contribution in [-0.2, 0) is 10.0 Å². The summed E-state index contributed by atoms with van der Waals surface area (Å²) in [6, 6.07) is 2.16. The number of anilines is 1. The van der Waals surface area contributed by atoms with E-state index in [-0.39, 0.29) is 20.9 Å². The van der Waals surface area contributed by atoms with E-state index in [2.05, 4.69) is 15.0 Å². The molecule has 0 bridgehead atoms. The molecule has 2 atom stereocenters. The van der Waals surface area contributed by atoms with Crippen molar-refractivity contribution in [3.8, 4) is 5.88 Å². The van der Waals surface area contributed by atoms with E-state index in [1.54, 1.807) is 0 Å². The lowest BCUT2D eigenvalue weighted by atomic mass is 10.1. The first-order chi connectivity index (χ1) is 12.6. The number of methoxy groups -OCH3 is 1. The number of ether oxygens (including phenoxy) is 1. The van der Waals surface area contributed by atoms with Gasteiger partial charge in [-0.05, 0) is 13.0 Å².